The lowest BCUT2D eigenvalue weighted by Crippen LogP contribution is -2.09. The molecule has 0 radical (unpaired) electrons. The molecule has 0 spiro atoms. The van der Waals surface area contributed by atoms with Gasteiger partial charge in [-0.25, -0.2) is 9.78 Å². The van der Waals surface area contributed by atoms with Crippen LogP contribution in [-0.2, 0) is 0 Å². The third-order valence-electron chi connectivity index (χ3n) is 2.92. The Morgan fingerprint density at radius 2 is 1.86 bits per heavy atom. The van der Waals surface area contributed by atoms with E-state index in [-0.39, 0.29) is 11.5 Å². The minimum absolute atomic E-state index is 0.0297. The fourth-order valence-corrected chi connectivity index (χ4v) is 3.40. The zero-order valence-electron chi connectivity index (χ0n) is 11.6. The Morgan fingerprint density at radius 1 is 1.09 bits per heavy atom. The summed E-state index contributed by atoms with van der Waals surface area (Å²) in [7, 11) is 0. The molecule has 0 saturated heterocycles. The summed E-state index contributed by atoms with van der Waals surface area (Å²) in [6.45, 7) is 1.49. The SMILES string of the molecule is CC(=O)c1ccc(OC(=O)c2csc(-c3cccs3)n2)cc1. The van der Waals surface area contributed by atoms with Crippen molar-refractivity contribution >= 4 is 34.4 Å². The van der Waals surface area contributed by atoms with E-state index < -0.39 is 5.97 Å². The molecule has 110 valence electrons. The summed E-state index contributed by atoms with van der Waals surface area (Å²) in [6, 6.07) is 10.4. The normalized spacial score (nSPS) is 10.4. The number of ether oxygens (including phenoxy) is 1. The molecule has 3 aromatic rings. The van der Waals surface area contributed by atoms with Crippen LogP contribution in [0.1, 0.15) is 27.8 Å². The van der Waals surface area contributed by atoms with Crippen LogP contribution in [0.4, 0.5) is 0 Å². The maximum Gasteiger partial charge on any atom is 0.363 e. The molecular formula is C16H11NO3S2. The summed E-state index contributed by atoms with van der Waals surface area (Å²) in [5.41, 5.74) is 0.859. The first-order valence-electron chi connectivity index (χ1n) is 6.46. The predicted molar refractivity (Wildman–Crippen MR) is 86.8 cm³/mol. The van der Waals surface area contributed by atoms with Crippen LogP contribution in [0.3, 0.4) is 0 Å². The van der Waals surface area contributed by atoms with Crippen LogP contribution < -0.4 is 4.74 Å². The number of ketones is 1. The number of hydrogen-bond acceptors (Lipinski definition) is 6. The first kappa shape index (κ1) is 14.6. The van der Waals surface area contributed by atoms with Gasteiger partial charge in [-0.3, -0.25) is 4.79 Å². The fourth-order valence-electron chi connectivity index (χ4n) is 1.80. The molecule has 0 unspecified atom stereocenters. The van der Waals surface area contributed by atoms with E-state index in [0.29, 0.717) is 11.3 Å². The monoisotopic (exact) mass is 329 g/mol. The topological polar surface area (TPSA) is 56.3 Å². The van der Waals surface area contributed by atoms with Crippen molar-refractivity contribution in [2.45, 2.75) is 6.92 Å². The zero-order valence-corrected chi connectivity index (χ0v) is 13.2. The van der Waals surface area contributed by atoms with Crippen LogP contribution in [0.15, 0.2) is 47.2 Å². The van der Waals surface area contributed by atoms with Crippen LogP contribution in [0, 0.1) is 0 Å². The van der Waals surface area contributed by atoms with Gasteiger partial charge >= 0.3 is 5.97 Å². The van der Waals surface area contributed by atoms with E-state index >= 15 is 0 Å². The highest BCUT2D eigenvalue weighted by Gasteiger charge is 2.14. The van der Waals surface area contributed by atoms with Gasteiger partial charge in [-0.05, 0) is 42.6 Å². The predicted octanol–water partition coefficient (Wildman–Crippen LogP) is 4.29. The number of benzene rings is 1. The van der Waals surface area contributed by atoms with Crippen LogP contribution in [-0.4, -0.2) is 16.7 Å². The van der Waals surface area contributed by atoms with Crippen LogP contribution in [0.2, 0.25) is 0 Å². The molecule has 0 aliphatic carbocycles. The van der Waals surface area contributed by atoms with Crippen molar-refractivity contribution in [2.75, 3.05) is 0 Å². The van der Waals surface area contributed by atoms with E-state index in [0.717, 1.165) is 9.88 Å². The van der Waals surface area contributed by atoms with Gasteiger partial charge in [0.25, 0.3) is 0 Å². The second kappa shape index (κ2) is 6.21. The average molecular weight is 329 g/mol. The number of rotatable bonds is 4. The molecule has 22 heavy (non-hydrogen) atoms. The molecule has 0 saturated carbocycles. The number of carbonyl (C=O) groups is 2. The van der Waals surface area contributed by atoms with Crippen molar-refractivity contribution in [2.24, 2.45) is 0 Å². The van der Waals surface area contributed by atoms with Gasteiger partial charge in [-0.2, -0.15) is 0 Å². The molecule has 2 heterocycles. The third-order valence-corrected chi connectivity index (χ3v) is 4.80. The second-order valence-corrected chi connectivity index (χ2v) is 6.29. The second-order valence-electron chi connectivity index (χ2n) is 4.49. The molecule has 6 heteroatoms. The summed E-state index contributed by atoms with van der Waals surface area (Å²) in [6.07, 6.45) is 0. The standard InChI is InChI=1S/C16H11NO3S2/c1-10(18)11-4-6-12(7-5-11)20-16(19)13-9-22-15(17-13)14-3-2-8-21-14/h2-9H,1H3. The van der Waals surface area contributed by atoms with E-state index in [4.69, 9.17) is 4.74 Å². The van der Waals surface area contributed by atoms with Gasteiger partial charge in [-0.15, -0.1) is 22.7 Å². The summed E-state index contributed by atoms with van der Waals surface area (Å²) < 4.78 is 5.26. The number of thiazole rings is 1. The Hall–Kier alpha value is -2.31. The van der Waals surface area contributed by atoms with Crippen LogP contribution in [0.25, 0.3) is 9.88 Å². The highest BCUT2D eigenvalue weighted by molar-refractivity contribution is 7.20. The average Bonchev–Trinajstić information content (AvgIpc) is 3.19. The molecule has 0 amide bonds. The largest absolute Gasteiger partial charge is 0.422 e. The van der Waals surface area contributed by atoms with Crippen molar-refractivity contribution < 1.29 is 14.3 Å². The number of esters is 1. The van der Waals surface area contributed by atoms with E-state index in [9.17, 15) is 9.59 Å². The number of aromatic nitrogens is 1. The summed E-state index contributed by atoms with van der Waals surface area (Å²) in [5, 5.41) is 4.45. The lowest BCUT2D eigenvalue weighted by atomic mass is 10.1. The smallest absolute Gasteiger partial charge is 0.363 e. The van der Waals surface area contributed by atoms with Gasteiger partial charge in [-0.1, -0.05) is 6.07 Å². The molecule has 3 rings (SSSR count). The molecule has 0 N–H and O–H groups in total. The van der Waals surface area contributed by atoms with Gasteiger partial charge in [0, 0.05) is 10.9 Å². The Labute approximate surface area is 135 Å². The molecule has 0 bridgehead atoms. The van der Waals surface area contributed by atoms with Crippen LogP contribution >= 0.6 is 22.7 Å². The number of carbonyl (C=O) groups excluding carboxylic acids is 2. The molecule has 0 aliphatic heterocycles. The number of thiophene rings is 1. The highest BCUT2D eigenvalue weighted by Crippen LogP contribution is 2.28. The van der Waals surface area contributed by atoms with Crippen molar-refractivity contribution in [3.8, 4) is 15.6 Å². The minimum Gasteiger partial charge on any atom is -0.422 e. The summed E-state index contributed by atoms with van der Waals surface area (Å²) in [4.78, 5) is 28.6. The Bertz CT molecular complexity index is 804. The Morgan fingerprint density at radius 3 is 2.50 bits per heavy atom. The fraction of sp³-hybridized carbons (Fsp3) is 0.0625. The molecule has 0 atom stereocenters. The molecule has 0 aliphatic rings. The lowest BCUT2D eigenvalue weighted by molar-refractivity contribution is 0.0729. The molecule has 1 aromatic carbocycles. The molecular weight excluding hydrogens is 318 g/mol. The molecule has 0 fully saturated rings. The van der Waals surface area contributed by atoms with E-state index in [1.165, 1.54) is 18.3 Å². The lowest BCUT2D eigenvalue weighted by Gasteiger charge is -2.02. The first-order valence-corrected chi connectivity index (χ1v) is 8.22. The quantitative estimate of drug-likeness (QED) is 0.407. The van der Waals surface area contributed by atoms with Gasteiger partial charge in [0.15, 0.2) is 11.5 Å². The van der Waals surface area contributed by atoms with Gasteiger partial charge in [0.05, 0.1) is 4.88 Å². The van der Waals surface area contributed by atoms with Crippen molar-refractivity contribution in [1.29, 1.82) is 0 Å². The van der Waals surface area contributed by atoms with E-state index in [2.05, 4.69) is 4.98 Å². The van der Waals surface area contributed by atoms with Crippen LogP contribution in [0.5, 0.6) is 5.75 Å². The van der Waals surface area contributed by atoms with Gasteiger partial charge in [0.2, 0.25) is 0 Å². The molecule has 4 nitrogen and oxygen atoms in total. The Kier molecular flexibility index (Phi) is 4.13. The highest BCUT2D eigenvalue weighted by atomic mass is 32.1. The minimum atomic E-state index is -0.505. The molecule has 2 aromatic heterocycles. The van der Waals surface area contributed by atoms with Gasteiger partial charge < -0.3 is 4.74 Å². The zero-order chi connectivity index (χ0) is 15.5. The van der Waals surface area contributed by atoms with E-state index in [1.54, 1.807) is 41.0 Å². The summed E-state index contributed by atoms with van der Waals surface area (Å²) in [5.74, 6) is -0.145. The van der Waals surface area contributed by atoms with Crippen molar-refractivity contribution in [3.63, 3.8) is 0 Å². The number of hydrogen-bond donors (Lipinski definition) is 0. The maximum absolute atomic E-state index is 12.1. The van der Waals surface area contributed by atoms with Gasteiger partial charge in [0.1, 0.15) is 10.8 Å². The third kappa shape index (κ3) is 3.13. The first-order chi connectivity index (χ1) is 10.6. The van der Waals surface area contributed by atoms with Crippen molar-refractivity contribution in [3.05, 3.63) is 58.4 Å². The van der Waals surface area contributed by atoms with Crippen molar-refractivity contribution in [1.82, 2.24) is 4.98 Å². The van der Waals surface area contributed by atoms with E-state index in [1.807, 2.05) is 17.5 Å². The summed E-state index contributed by atoms with van der Waals surface area (Å²) >= 11 is 2.98. The maximum atomic E-state index is 12.1. The Balaban J connectivity index is 1.73. The number of nitrogens with zero attached hydrogens (tertiary/aromatic N) is 1. The number of Topliss-reactive ketones (excluding diaryl/α,β-unsaturated/α-hetero) is 1.